The smallest absolute Gasteiger partial charge is 0.370 e. The zero-order valence-corrected chi connectivity index (χ0v) is 14.2. The predicted molar refractivity (Wildman–Crippen MR) is 83.7 cm³/mol. The predicted octanol–water partition coefficient (Wildman–Crippen LogP) is 1.09. The van der Waals surface area contributed by atoms with Crippen molar-refractivity contribution in [1.29, 1.82) is 0 Å². The summed E-state index contributed by atoms with van der Waals surface area (Å²) in [7, 11) is 0. The number of aliphatic hydroxyl groups is 1. The molecule has 0 radical (unpaired) electrons. The van der Waals surface area contributed by atoms with Crippen LogP contribution in [0.2, 0.25) is 0 Å². The Labute approximate surface area is 140 Å². The third kappa shape index (κ3) is 5.93. The lowest BCUT2D eigenvalue weighted by Gasteiger charge is -2.37. The van der Waals surface area contributed by atoms with Gasteiger partial charge in [-0.3, -0.25) is 9.63 Å². The molecule has 0 aromatic heterocycles. The largest absolute Gasteiger partial charge is 0.481 e. The SMILES string of the molecule is CC(C)=CC[N+]1(OC(=O)CC(O)(CC(=O)O)C(=O)O)CCCCC1. The molecule has 0 aromatic rings. The van der Waals surface area contributed by atoms with Crippen LogP contribution in [-0.4, -0.2) is 63.1 Å². The van der Waals surface area contributed by atoms with Gasteiger partial charge in [-0.15, -0.1) is 4.65 Å². The molecule has 8 nitrogen and oxygen atoms in total. The summed E-state index contributed by atoms with van der Waals surface area (Å²) in [6.07, 6.45) is 2.77. The summed E-state index contributed by atoms with van der Waals surface area (Å²) >= 11 is 0. The third-order valence-corrected chi connectivity index (χ3v) is 4.04. The van der Waals surface area contributed by atoms with Gasteiger partial charge in [-0.25, -0.2) is 9.59 Å². The number of carbonyl (C=O) groups is 3. The van der Waals surface area contributed by atoms with E-state index in [-0.39, 0.29) is 4.65 Å². The second-order valence-electron chi connectivity index (χ2n) is 6.58. The van der Waals surface area contributed by atoms with Crippen molar-refractivity contribution in [3.63, 3.8) is 0 Å². The van der Waals surface area contributed by atoms with E-state index in [0.29, 0.717) is 19.6 Å². The van der Waals surface area contributed by atoms with Gasteiger partial charge in [-0.2, -0.15) is 0 Å². The highest BCUT2D eigenvalue weighted by molar-refractivity contribution is 5.88. The van der Waals surface area contributed by atoms with Crippen LogP contribution in [0, 0.1) is 0 Å². The van der Waals surface area contributed by atoms with Crippen LogP contribution >= 0.6 is 0 Å². The number of allylic oxidation sites excluding steroid dienone is 1. The summed E-state index contributed by atoms with van der Waals surface area (Å²) in [5, 5.41) is 27.7. The molecular weight excluding hydrogens is 318 g/mol. The number of carboxylic acid groups (broad SMARTS) is 2. The third-order valence-electron chi connectivity index (χ3n) is 4.04. The number of likely N-dealkylation sites (tertiary alicyclic amines) is 1. The van der Waals surface area contributed by atoms with Crippen molar-refractivity contribution in [1.82, 2.24) is 0 Å². The van der Waals surface area contributed by atoms with E-state index >= 15 is 0 Å². The van der Waals surface area contributed by atoms with E-state index in [1.54, 1.807) is 0 Å². The zero-order chi connectivity index (χ0) is 18.4. The maximum atomic E-state index is 12.2. The van der Waals surface area contributed by atoms with Crippen LogP contribution in [0.5, 0.6) is 0 Å². The van der Waals surface area contributed by atoms with Crippen molar-refractivity contribution in [3.05, 3.63) is 11.6 Å². The van der Waals surface area contributed by atoms with Crippen molar-refractivity contribution in [2.75, 3.05) is 19.6 Å². The van der Waals surface area contributed by atoms with Crippen LogP contribution in [0.1, 0.15) is 46.0 Å². The van der Waals surface area contributed by atoms with E-state index < -0.39 is 36.4 Å². The molecule has 1 atom stereocenters. The molecule has 1 rings (SSSR count). The van der Waals surface area contributed by atoms with Gasteiger partial charge in [0.2, 0.25) is 0 Å². The molecule has 0 spiro atoms. The number of carbonyl (C=O) groups excluding carboxylic acids is 1. The van der Waals surface area contributed by atoms with Crippen molar-refractivity contribution in [2.45, 2.75) is 51.6 Å². The Bertz CT molecular complexity index is 519. The molecule has 0 aliphatic carbocycles. The number of hydrogen-bond donors (Lipinski definition) is 3. The number of aliphatic carboxylic acids is 2. The molecule has 0 saturated carbocycles. The van der Waals surface area contributed by atoms with E-state index in [1.807, 2.05) is 19.9 Å². The molecule has 1 unspecified atom stereocenters. The van der Waals surface area contributed by atoms with Gasteiger partial charge in [0.1, 0.15) is 19.6 Å². The highest BCUT2D eigenvalue weighted by Gasteiger charge is 2.44. The van der Waals surface area contributed by atoms with E-state index in [2.05, 4.69) is 0 Å². The number of rotatable bonds is 8. The molecule has 1 fully saturated rings. The van der Waals surface area contributed by atoms with Crippen LogP contribution in [0.25, 0.3) is 0 Å². The molecule has 0 bridgehead atoms. The van der Waals surface area contributed by atoms with E-state index in [1.165, 1.54) is 0 Å². The van der Waals surface area contributed by atoms with Gasteiger partial charge in [0.25, 0.3) is 0 Å². The fraction of sp³-hybridized carbons (Fsp3) is 0.688. The van der Waals surface area contributed by atoms with Gasteiger partial charge >= 0.3 is 17.9 Å². The first kappa shape index (κ1) is 20.1. The zero-order valence-electron chi connectivity index (χ0n) is 14.2. The van der Waals surface area contributed by atoms with Crippen molar-refractivity contribution >= 4 is 17.9 Å². The Hall–Kier alpha value is -1.93. The van der Waals surface area contributed by atoms with Crippen LogP contribution in [0.15, 0.2) is 11.6 Å². The molecule has 3 N–H and O–H groups in total. The molecule has 0 aromatic carbocycles. The summed E-state index contributed by atoms with van der Waals surface area (Å²) < 4.78 is 0.0484. The standard InChI is InChI=1S/C16H25NO7/c1-12(2)6-9-17(7-4-3-5-8-17)24-14(20)11-16(23,15(21)22)10-13(18)19/h6,23H,3-5,7-11H2,1-2H3,(H-,18,19,21,22)/p+1. The van der Waals surface area contributed by atoms with Gasteiger partial charge in [0.05, 0.1) is 12.8 Å². The Morgan fingerprint density at radius 2 is 1.67 bits per heavy atom. The summed E-state index contributed by atoms with van der Waals surface area (Å²) in [6, 6.07) is 0. The minimum absolute atomic E-state index is 0.0484. The fourth-order valence-corrected chi connectivity index (χ4v) is 2.70. The van der Waals surface area contributed by atoms with Gasteiger partial charge in [0.15, 0.2) is 5.60 Å². The van der Waals surface area contributed by atoms with Gasteiger partial charge in [-0.05, 0) is 26.3 Å². The summed E-state index contributed by atoms with van der Waals surface area (Å²) in [6.45, 7) is 5.55. The average Bonchev–Trinajstić information content (AvgIpc) is 2.45. The van der Waals surface area contributed by atoms with Crippen LogP contribution in [0.4, 0.5) is 0 Å². The number of quaternary nitrogens is 1. The minimum atomic E-state index is -2.67. The Morgan fingerprint density at radius 3 is 2.12 bits per heavy atom. The maximum absolute atomic E-state index is 12.2. The first-order chi connectivity index (χ1) is 11.1. The number of hydroxylamine groups is 3. The molecule has 1 saturated heterocycles. The number of nitrogens with zero attached hydrogens (tertiary/aromatic N) is 1. The molecular formula is C16H26NO7+. The quantitative estimate of drug-likeness (QED) is 0.445. The molecule has 24 heavy (non-hydrogen) atoms. The van der Waals surface area contributed by atoms with Crippen LogP contribution in [0.3, 0.4) is 0 Å². The lowest BCUT2D eigenvalue weighted by atomic mass is 9.96. The Balaban J connectivity index is 2.85. The fourth-order valence-electron chi connectivity index (χ4n) is 2.70. The van der Waals surface area contributed by atoms with Crippen LogP contribution in [-0.2, 0) is 19.2 Å². The monoisotopic (exact) mass is 344 g/mol. The van der Waals surface area contributed by atoms with Crippen molar-refractivity contribution < 1.29 is 39.2 Å². The number of piperidine rings is 1. The number of hydrogen-bond acceptors (Lipinski definition) is 5. The molecule has 8 heteroatoms. The molecule has 1 aliphatic heterocycles. The Morgan fingerprint density at radius 1 is 1.08 bits per heavy atom. The van der Waals surface area contributed by atoms with Gasteiger partial charge < -0.3 is 15.3 Å². The highest BCUT2D eigenvalue weighted by atomic mass is 16.7. The average molecular weight is 344 g/mol. The second kappa shape index (κ2) is 8.25. The molecule has 1 aliphatic rings. The summed E-state index contributed by atoms with van der Waals surface area (Å²) in [5.41, 5.74) is -1.60. The second-order valence-corrected chi connectivity index (χ2v) is 6.58. The topological polar surface area (TPSA) is 121 Å². The van der Waals surface area contributed by atoms with E-state index in [9.17, 15) is 19.5 Å². The molecule has 136 valence electrons. The van der Waals surface area contributed by atoms with Crippen molar-refractivity contribution in [3.8, 4) is 0 Å². The first-order valence-electron chi connectivity index (χ1n) is 7.98. The number of carboxylic acids is 2. The normalized spacial score (nSPS) is 19.0. The maximum Gasteiger partial charge on any atom is 0.370 e. The minimum Gasteiger partial charge on any atom is -0.481 e. The lowest BCUT2D eigenvalue weighted by Crippen LogP contribution is -2.54. The van der Waals surface area contributed by atoms with Crippen molar-refractivity contribution in [2.24, 2.45) is 0 Å². The Kier molecular flexibility index (Phi) is 6.92. The molecule has 0 amide bonds. The highest BCUT2D eigenvalue weighted by Crippen LogP contribution is 2.23. The van der Waals surface area contributed by atoms with Gasteiger partial charge in [0, 0.05) is 12.8 Å². The molecule has 1 heterocycles. The summed E-state index contributed by atoms with van der Waals surface area (Å²) in [5.74, 6) is -4.17. The van der Waals surface area contributed by atoms with Crippen LogP contribution < -0.4 is 0 Å². The van der Waals surface area contributed by atoms with E-state index in [0.717, 1.165) is 24.8 Å². The first-order valence-corrected chi connectivity index (χ1v) is 7.98. The van der Waals surface area contributed by atoms with Gasteiger partial charge in [-0.1, -0.05) is 5.57 Å². The van der Waals surface area contributed by atoms with E-state index in [4.69, 9.17) is 15.1 Å². The summed E-state index contributed by atoms with van der Waals surface area (Å²) in [4.78, 5) is 39.6. The lowest BCUT2D eigenvalue weighted by molar-refractivity contribution is -1.09.